The molecule has 8 nitrogen and oxygen atoms in total. The van der Waals surface area contributed by atoms with E-state index in [-0.39, 0.29) is 11.7 Å². The molecule has 0 aliphatic heterocycles. The molecular weight excluding hydrogens is 440 g/mol. The predicted molar refractivity (Wildman–Crippen MR) is 126 cm³/mol. The first-order chi connectivity index (χ1) is 16.1. The van der Waals surface area contributed by atoms with Gasteiger partial charge in [0, 0.05) is 12.2 Å². The van der Waals surface area contributed by atoms with Gasteiger partial charge in [-0.1, -0.05) is 36.0 Å². The van der Waals surface area contributed by atoms with Gasteiger partial charge < -0.3 is 19.2 Å². The fourth-order valence-electron chi connectivity index (χ4n) is 3.34. The van der Waals surface area contributed by atoms with Crippen molar-refractivity contribution in [3.63, 3.8) is 0 Å². The third kappa shape index (κ3) is 5.04. The number of benzene rings is 2. The molecule has 0 spiro atoms. The number of methoxy groups -OCH3 is 2. The van der Waals surface area contributed by atoms with Crippen LogP contribution in [0.1, 0.15) is 11.3 Å². The molecule has 0 radical (unpaired) electrons. The first kappa shape index (κ1) is 22.5. The third-order valence-electron chi connectivity index (χ3n) is 5.02. The van der Waals surface area contributed by atoms with Crippen molar-refractivity contribution in [1.29, 1.82) is 0 Å². The Balaban J connectivity index is 1.47. The number of aryl methyl sites for hydroxylation is 1. The maximum Gasteiger partial charge on any atom is 0.230 e. The van der Waals surface area contributed by atoms with E-state index in [0.29, 0.717) is 29.0 Å². The molecule has 0 unspecified atom stereocenters. The van der Waals surface area contributed by atoms with Crippen LogP contribution in [0.2, 0.25) is 0 Å². The summed E-state index contributed by atoms with van der Waals surface area (Å²) in [6.07, 6.45) is 1.63. The highest BCUT2D eigenvalue weighted by Crippen LogP contribution is 2.30. The van der Waals surface area contributed by atoms with Crippen molar-refractivity contribution in [2.75, 3.05) is 20.0 Å². The molecule has 4 aromatic rings. The Morgan fingerprint density at radius 3 is 2.55 bits per heavy atom. The topological polar surface area (TPSA) is 91.4 Å². The molecule has 33 heavy (non-hydrogen) atoms. The Kier molecular flexibility index (Phi) is 6.99. The number of carbonyl (C=O) groups is 1. The fourth-order valence-corrected chi connectivity index (χ4v) is 4.12. The number of rotatable bonds is 9. The standard InChI is InChI=1S/C24H24N4O4S/c1-16-19(11-12-32-16)23-26-27-24(28(23)18-7-5-4-6-8-18)33-15-22(29)25-14-17-9-10-20(30-2)21(13-17)31-3/h4-13H,14-15H2,1-3H3,(H,25,29). The van der Waals surface area contributed by atoms with Crippen LogP contribution in [0.4, 0.5) is 0 Å². The Morgan fingerprint density at radius 1 is 1.06 bits per heavy atom. The number of ether oxygens (including phenoxy) is 2. The van der Waals surface area contributed by atoms with Gasteiger partial charge in [0.15, 0.2) is 22.5 Å². The number of furan rings is 1. The Labute approximate surface area is 195 Å². The molecule has 4 rings (SSSR count). The monoisotopic (exact) mass is 464 g/mol. The van der Waals surface area contributed by atoms with E-state index in [1.54, 1.807) is 20.5 Å². The lowest BCUT2D eigenvalue weighted by molar-refractivity contribution is -0.118. The molecule has 9 heteroatoms. The lowest BCUT2D eigenvalue weighted by Gasteiger charge is -2.11. The SMILES string of the molecule is COc1ccc(CNC(=O)CSc2nnc(-c3ccoc3C)n2-c2ccccc2)cc1OC. The Morgan fingerprint density at radius 2 is 1.85 bits per heavy atom. The number of nitrogens with one attached hydrogen (secondary N) is 1. The van der Waals surface area contributed by atoms with Gasteiger partial charge in [-0.3, -0.25) is 9.36 Å². The summed E-state index contributed by atoms with van der Waals surface area (Å²) in [5.41, 5.74) is 2.68. The van der Waals surface area contributed by atoms with Crippen LogP contribution in [0.5, 0.6) is 11.5 Å². The third-order valence-corrected chi connectivity index (χ3v) is 5.95. The van der Waals surface area contributed by atoms with Crippen molar-refractivity contribution in [1.82, 2.24) is 20.1 Å². The van der Waals surface area contributed by atoms with Crippen molar-refractivity contribution in [2.24, 2.45) is 0 Å². The maximum atomic E-state index is 12.5. The number of hydrogen-bond acceptors (Lipinski definition) is 7. The number of aromatic nitrogens is 3. The zero-order valence-electron chi connectivity index (χ0n) is 18.6. The molecule has 0 saturated carbocycles. The molecule has 2 heterocycles. The molecule has 0 aliphatic carbocycles. The van der Waals surface area contributed by atoms with Crippen LogP contribution in [0.15, 0.2) is 70.4 Å². The fraction of sp³-hybridized carbons (Fsp3) is 0.208. The number of thioether (sulfide) groups is 1. The second kappa shape index (κ2) is 10.3. The van der Waals surface area contributed by atoms with Gasteiger partial charge in [0.25, 0.3) is 0 Å². The molecule has 0 aliphatic rings. The quantitative estimate of drug-likeness (QED) is 0.370. The smallest absolute Gasteiger partial charge is 0.230 e. The largest absolute Gasteiger partial charge is 0.493 e. The average Bonchev–Trinajstić information content (AvgIpc) is 3.47. The van der Waals surface area contributed by atoms with E-state index in [2.05, 4.69) is 15.5 Å². The van der Waals surface area contributed by atoms with Crippen LogP contribution in [0, 0.1) is 6.92 Å². The molecule has 170 valence electrons. The number of carbonyl (C=O) groups excluding carboxylic acids is 1. The Bertz CT molecular complexity index is 1240. The van der Waals surface area contributed by atoms with Gasteiger partial charge in [0.05, 0.1) is 31.8 Å². The highest BCUT2D eigenvalue weighted by molar-refractivity contribution is 7.99. The number of amides is 1. The van der Waals surface area contributed by atoms with E-state index in [9.17, 15) is 4.79 Å². The van der Waals surface area contributed by atoms with Gasteiger partial charge in [-0.25, -0.2) is 0 Å². The normalized spacial score (nSPS) is 10.8. The summed E-state index contributed by atoms with van der Waals surface area (Å²) >= 11 is 1.32. The molecule has 0 saturated heterocycles. The number of para-hydroxylation sites is 1. The van der Waals surface area contributed by atoms with E-state index < -0.39 is 0 Å². The van der Waals surface area contributed by atoms with Crippen LogP contribution >= 0.6 is 11.8 Å². The van der Waals surface area contributed by atoms with Gasteiger partial charge in [0.1, 0.15) is 5.76 Å². The van der Waals surface area contributed by atoms with Gasteiger partial charge in [0.2, 0.25) is 5.91 Å². The van der Waals surface area contributed by atoms with E-state index in [0.717, 1.165) is 22.6 Å². The van der Waals surface area contributed by atoms with Crippen LogP contribution in [-0.4, -0.2) is 40.6 Å². The van der Waals surface area contributed by atoms with Crippen molar-refractivity contribution in [2.45, 2.75) is 18.6 Å². The second-order valence-corrected chi connectivity index (χ2v) is 8.06. The summed E-state index contributed by atoms with van der Waals surface area (Å²) in [4.78, 5) is 12.5. The molecule has 0 atom stereocenters. The minimum atomic E-state index is -0.113. The summed E-state index contributed by atoms with van der Waals surface area (Å²) in [6, 6.07) is 17.2. The molecule has 0 fully saturated rings. The summed E-state index contributed by atoms with van der Waals surface area (Å²) in [6.45, 7) is 2.26. The lowest BCUT2D eigenvalue weighted by atomic mass is 10.2. The van der Waals surface area contributed by atoms with Crippen molar-refractivity contribution in [3.05, 3.63) is 72.2 Å². The Hall–Kier alpha value is -3.72. The summed E-state index contributed by atoms with van der Waals surface area (Å²) in [5.74, 6) is 2.77. The maximum absolute atomic E-state index is 12.5. The minimum Gasteiger partial charge on any atom is -0.493 e. The molecule has 1 N–H and O–H groups in total. The van der Waals surface area contributed by atoms with Crippen LogP contribution in [0.25, 0.3) is 17.1 Å². The van der Waals surface area contributed by atoms with Crippen LogP contribution < -0.4 is 14.8 Å². The lowest BCUT2D eigenvalue weighted by Crippen LogP contribution is -2.24. The first-order valence-electron chi connectivity index (χ1n) is 10.3. The van der Waals surface area contributed by atoms with Gasteiger partial charge in [-0.15, -0.1) is 10.2 Å². The van der Waals surface area contributed by atoms with Crippen molar-refractivity contribution in [3.8, 4) is 28.6 Å². The molecule has 0 bridgehead atoms. The van der Waals surface area contributed by atoms with E-state index in [1.165, 1.54) is 11.8 Å². The van der Waals surface area contributed by atoms with Crippen molar-refractivity contribution < 1.29 is 18.7 Å². The molecule has 2 aromatic carbocycles. The van der Waals surface area contributed by atoms with E-state index in [1.807, 2.05) is 66.1 Å². The molecule has 2 aromatic heterocycles. The van der Waals surface area contributed by atoms with Gasteiger partial charge in [-0.05, 0) is 42.8 Å². The molecule has 1 amide bonds. The predicted octanol–water partition coefficient (Wildman–Crippen LogP) is 4.26. The van der Waals surface area contributed by atoms with Crippen LogP contribution in [0.3, 0.4) is 0 Å². The summed E-state index contributed by atoms with van der Waals surface area (Å²) in [5, 5.41) is 12.3. The zero-order valence-corrected chi connectivity index (χ0v) is 19.4. The zero-order chi connectivity index (χ0) is 23.2. The van der Waals surface area contributed by atoms with E-state index >= 15 is 0 Å². The second-order valence-electron chi connectivity index (χ2n) is 7.12. The van der Waals surface area contributed by atoms with Crippen LogP contribution in [-0.2, 0) is 11.3 Å². The summed E-state index contributed by atoms with van der Waals surface area (Å²) < 4.78 is 18.0. The highest BCUT2D eigenvalue weighted by atomic mass is 32.2. The van der Waals surface area contributed by atoms with Crippen molar-refractivity contribution >= 4 is 17.7 Å². The highest BCUT2D eigenvalue weighted by Gasteiger charge is 2.19. The first-order valence-corrected chi connectivity index (χ1v) is 11.2. The van der Waals surface area contributed by atoms with E-state index in [4.69, 9.17) is 13.9 Å². The van der Waals surface area contributed by atoms with Gasteiger partial charge in [-0.2, -0.15) is 0 Å². The number of hydrogen-bond donors (Lipinski definition) is 1. The van der Waals surface area contributed by atoms with Gasteiger partial charge >= 0.3 is 0 Å². The average molecular weight is 465 g/mol. The minimum absolute atomic E-state index is 0.113. The molecular formula is C24H24N4O4S. The number of nitrogens with zero attached hydrogens (tertiary/aromatic N) is 3. The summed E-state index contributed by atoms with van der Waals surface area (Å²) in [7, 11) is 3.17.